The van der Waals surface area contributed by atoms with Crippen LogP contribution in [0, 0.1) is 0 Å². The molecule has 11 heavy (non-hydrogen) atoms. The highest BCUT2D eigenvalue weighted by molar-refractivity contribution is 5.93. The molecule has 0 aromatic carbocycles. The van der Waals surface area contributed by atoms with Gasteiger partial charge in [0, 0.05) is 14.1 Å². The van der Waals surface area contributed by atoms with Crippen LogP contribution in [-0.4, -0.2) is 41.1 Å². The Morgan fingerprint density at radius 3 is 1.82 bits per heavy atom. The summed E-state index contributed by atoms with van der Waals surface area (Å²) in [6.45, 7) is 0. The Kier molecular flexibility index (Phi) is 3.10. The highest BCUT2D eigenvalue weighted by atomic mass is 16.4. The Balaban J connectivity index is 4.60. The average molecular weight is 159 g/mol. The molecule has 5 nitrogen and oxygen atoms in total. The summed E-state index contributed by atoms with van der Waals surface area (Å²) >= 11 is 0. The van der Waals surface area contributed by atoms with Crippen molar-refractivity contribution in [3.63, 3.8) is 0 Å². The number of likely N-dealkylation sites (N-methyl/N-ethyl adjacent to an activating group) is 1. The van der Waals surface area contributed by atoms with Gasteiger partial charge in [0.1, 0.15) is 5.70 Å². The van der Waals surface area contributed by atoms with Gasteiger partial charge in [-0.3, -0.25) is 0 Å². The van der Waals surface area contributed by atoms with Gasteiger partial charge in [-0.1, -0.05) is 0 Å². The molecule has 0 rings (SSSR count). The van der Waals surface area contributed by atoms with E-state index in [0.717, 1.165) is 0 Å². The standard InChI is InChI=1S/C6H9NO4/c1-7(2)4(6(10)11)3-5(8)9/h3H,1-2H3,(H,8,9)(H,10,11)/b4-3+. The first kappa shape index (κ1) is 9.48. The number of hydrogen-bond donors (Lipinski definition) is 2. The summed E-state index contributed by atoms with van der Waals surface area (Å²) in [5.41, 5.74) is -0.252. The van der Waals surface area contributed by atoms with E-state index in [4.69, 9.17) is 10.2 Å². The zero-order valence-corrected chi connectivity index (χ0v) is 6.24. The van der Waals surface area contributed by atoms with Crippen LogP contribution in [0.5, 0.6) is 0 Å². The lowest BCUT2D eigenvalue weighted by Gasteiger charge is -2.10. The van der Waals surface area contributed by atoms with E-state index in [1.54, 1.807) is 0 Å². The van der Waals surface area contributed by atoms with Crippen LogP contribution >= 0.6 is 0 Å². The molecule has 0 spiro atoms. The number of carboxylic acids is 2. The van der Waals surface area contributed by atoms with Crippen LogP contribution < -0.4 is 0 Å². The van der Waals surface area contributed by atoms with E-state index in [1.165, 1.54) is 19.0 Å². The maximum absolute atomic E-state index is 10.3. The topological polar surface area (TPSA) is 77.8 Å². The molecule has 0 aromatic rings. The average Bonchev–Trinajstić information content (AvgIpc) is 1.81. The zero-order chi connectivity index (χ0) is 9.02. The van der Waals surface area contributed by atoms with Crippen LogP contribution in [0.1, 0.15) is 0 Å². The van der Waals surface area contributed by atoms with Gasteiger partial charge in [0.25, 0.3) is 0 Å². The molecule has 0 aliphatic carbocycles. The second kappa shape index (κ2) is 3.60. The Bertz CT molecular complexity index is 207. The SMILES string of the molecule is CN(C)/C(=C/C(=O)O)C(=O)O. The number of carboxylic acid groups (broad SMARTS) is 2. The van der Waals surface area contributed by atoms with Gasteiger partial charge in [0.05, 0.1) is 6.08 Å². The highest BCUT2D eigenvalue weighted by Gasteiger charge is 2.10. The smallest absolute Gasteiger partial charge is 0.352 e. The minimum absolute atomic E-state index is 0.252. The maximum atomic E-state index is 10.3. The number of hydrogen-bond acceptors (Lipinski definition) is 3. The summed E-state index contributed by atoms with van der Waals surface area (Å²) in [7, 11) is 2.92. The van der Waals surface area contributed by atoms with Crippen molar-refractivity contribution in [2.45, 2.75) is 0 Å². The minimum atomic E-state index is -1.27. The van der Waals surface area contributed by atoms with Crippen molar-refractivity contribution in [1.29, 1.82) is 0 Å². The number of nitrogens with zero attached hydrogens (tertiary/aromatic N) is 1. The molecule has 0 aromatic heterocycles. The molecule has 62 valence electrons. The molecule has 0 heterocycles. The molecule has 0 amide bonds. The van der Waals surface area contributed by atoms with Gasteiger partial charge in [0.15, 0.2) is 0 Å². The van der Waals surface area contributed by atoms with E-state index in [9.17, 15) is 9.59 Å². The monoisotopic (exact) mass is 159 g/mol. The van der Waals surface area contributed by atoms with E-state index < -0.39 is 11.9 Å². The molecule has 0 aliphatic rings. The minimum Gasteiger partial charge on any atom is -0.478 e. The van der Waals surface area contributed by atoms with Crippen molar-refractivity contribution in [1.82, 2.24) is 4.90 Å². The van der Waals surface area contributed by atoms with Crippen LogP contribution in [0.25, 0.3) is 0 Å². The van der Waals surface area contributed by atoms with E-state index in [0.29, 0.717) is 6.08 Å². The molecule has 0 radical (unpaired) electrons. The van der Waals surface area contributed by atoms with E-state index >= 15 is 0 Å². The summed E-state index contributed by atoms with van der Waals surface area (Å²) in [5.74, 6) is -2.52. The molecule has 0 atom stereocenters. The first-order valence-electron chi connectivity index (χ1n) is 2.80. The molecule has 5 heteroatoms. The Morgan fingerprint density at radius 1 is 1.27 bits per heavy atom. The fourth-order valence-electron chi connectivity index (χ4n) is 0.499. The van der Waals surface area contributed by atoms with Crippen LogP contribution in [0.2, 0.25) is 0 Å². The van der Waals surface area contributed by atoms with Gasteiger partial charge in [-0.25, -0.2) is 9.59 Å². The van der Waals surface area contributed by atoms with Crippen molar-refractivity contribution < 1.29 is 19.8 Å². The third-order valence-corrected chi connectivity index (χ3v) is 0.961. The molecule has 0 saturated carbocycles. The summed E-state index contributed by atoms with van der Waals surface area (Å²) in [5, 5.41) is 16.6. The van der Waals surface area contributed by atoms with Crippen molar-refractivity contribution in [3.05, 3.63) is 11.8 Å². The second-order valence-electron chi connectivity index (χ2n) is 2.07. The third kappa shape index (κ3) is 3.24. The lowest BCUT2D eigenvalue weighted by atomic mass is 10.4. The van der Waals surface area contributed by atoms with Crippen molar-refractivity contribution in [3.8, 4) is 0 Å². The number of carbonyl (C=O) groups is 2. The van der Waals surface area contributed by atoms with E-state index in [2.05, 4.69) is 0 Å². The molecule has 0 bridgehead atoms. The molecular formula is C6H9NO4. The molecule has 0 fully saturated rings. The fourth-order valence-corrected chi connectivity index (χ4v) is 0.499. The van der Waals surface area contributed by atoms with Gasteiger partial charge in [-0.2, -0.15) is 0 Å². The summed E-state index contributed by atoms with van der Waals surface area (Å²) in [4.78, 5) is 21.6. The van der Waals surface area contributed by atoms with Crippen molar-refractivity contribution >= 4 is 11.9 Å². The fraction of sp³-hybridized carbons (Fsp3) is 0.333. The van der Waals surface area contributed by atoms with Gasteiger partial charge < -0.3 is 15.1 Å². The van der Waals surface area contributed by atoms with Gasteiger partial charge in [-0.15, -0.1) is 0 Å². The molecule has 2 N–H and O–H groups in total. The van der Waals surface area contributed by atoms with E-state index in [-0.39, 0.29) is 5.70 Å². The largest absolute Gasteiger partial charge is 0.478 e. The van der Waals surface area contributed by atoms with Gasteiger partial charge in [0.2, 0.25) is 0 Å². The lowest BCUT2D eigenvalue weighted by molar-refractivity contribution is -0.136. The number of aliphatic carboxylic acids is 2. The first-order chi connectivity index (χ1) is 4.95. The van der Waals surface area contributed by atoms with Crippen molar-refractivity contribution in [2.75, 3.05) is 14.1 Å². The molecule has 0 unspecified atom stereocenters. The maximum Gasteiger partial charge on any atom is 0.352 e. The van der Waals surface area contributed by atoms with Gasteiger partial charge >= 0.3 is 11.9 Å². The third-order valence-electron chi connectivity index (χ3n) is 0.961. The Labute approximate surface area is 63.5 Å². The van der Waals surface area contributed by atoms with Crippen LogP contribution in [-0.2, 0) is 9.59 Å². The zero-order valence-electron chi connectivity index (χ0n) is 6.24. The Hall–Kier alpha value is -1.52. The van der Waals surface area contributed by atoms with Crippen LogP contribution in [0.4, 0.5) is 0 Å². The van der Waals surface area contributed by atoms with E-state index in [1.807, 2.05) is 0 Å². The van der Waals surface area contributed by atoms with Crippen molar-refractivity contribution in [2.24, 2.45) is 0 Å². The van der Waals surface area contributed by atoms with Gasteiger partial charge in [-0.05, 0) is 0 Å². The summed E-state index contributed by atoms with van der Waals surface area (Å²) in [6, 6.07) is 0. The first-order valence-corrected chi connectivity index (χ1v) is 2.80. The molecular weight excluding hydrogens is 150 g/mol. The molecule has 0 saturated heterocycles. The van der Waals surface area contributed by atoms with Crippen LogP contribution in [0.3, 0.4) is 0 Å². The number of rotatable bonds is 3. The predicted octanol–water partition coefficient (Wildman–Crippen LogP) is -0.399. The second-order valence-corrected chi connectivity index (χ2v) is 2.07. The predicted molar refractivity (Wildman–Crippen MR) is 37.0 cm³/mol. The quantitative estimate of drug-likeness (QED) is 0.548. The Morgan fingerprint density at radius 2 is 1.73 bits per heavy atom. The van der Waals surface area contributed by atoms with Crippen LogP contribution in [0.15, 0.2) is 11.8 Å². The normalized spacial score (nSPS) is 10.9. The highest BCUT2D eigenvalue weighted by Crippen LogP contribution is 1.97. The summed E-state index contributed by atoms with van der Waals surface area (Å²) in [6.07, 6.45) is 0.641. The summed E-state index contributed by atoms with van der Waals surface area (Å²) < 4.78 is 0. The molecule has 0 aliphatic heterocycles. The lowest BCUT2D eigenvalue weighted by Crippen LogP contribution is -2.20.